The number of amides is 4. The number of alkyl halides is 2. The van der Waals surface area contributed by atoms with Crippen molar-refractivity contribution < 1.29 is 78.8 Å². The molecule has 2 spiro atoms. The van der Waals surface area contributed by atoms with Crippen molar-refractivity contribution in [3.8, 4) is 0 Å². The molecule has 0 radical (unpaired) electrons. The first-order chi connectivity index (χ1) is 70.9. The van der Waals surface area contributed by atoms with Gasteiger partial charge in [-0.15, -0.1) is 0 Å². The summed E-state index contributed by atoms with van der Waals surface area (Å²) in [7, 11) is 6.13. The molecule has 2 aromatic carbocycles. The number of nitrogens with zero attached hydrogens (tertiary/aromatic N) is 21. The predicted octanol–water partition coefficient (Wildman–Crippen LogP) is 19.5. The monoisotopic (exact) mass is 2050 g/mol. The fourth-order valence-corrected chi connectivity index (χ4v) is 22.0. The normalized spacial score (nSPS) is 23.1. The number of rotatable bonds is 20. The van der Waals surface area contributed by atoms with Crippen molar-refractivity contribution in [1.29, 1.82) is 0 Å². The fraction of sp³-hybridized carbons (Fsp3) is 0.688. The number of benzene rings is 2. The maximum atomic E-state index is 12.9. The molecule has 806 valence electrons. The molecule has 4 saturated heterocycles. The number of carbonyl (C=O) groups is 6. The number of ketones is 1. The number of likely N-dealkylation sites (tertiary alicyclic amines) is 4. The number of nitrogens with one attached hydrogen (secondary N) is 1. The molecule has 12 heterocycles. The minimum Gasteiger partial charge on any atom is -0.481 e. The van der Waals surface area contributed by atoms with Gasteiger partial charge in [-0.05, 0) is 303 Å². The lowest BCUT2D eigenvalue weighted by molar-refractivity contribution is -0.156. The first kappa shape index (κ1) is 112. The van der Waals surface area contributed by atoms with E-state index in [9.17, 15) is 37.5 Å². The number of halogens is 2. The van der Waals surface area contributed by atoms with Crippen molar-refractivity contribution in [3.63, 3.8) is 0 Å². The van der Waals surface area contributed by atoms with Crippen molar-refractivity contribution in [2.45, 2.75) is 374 Å². The molecule has 22 rings (SSSR count). The SMILES string of the molecule is CC(=O)c1ccc(CN2CCC3(CC2)CC(c2nc(C)no2)C3)cc1.C[C@@H](Cc1ccccc1)C(=O)O.Cc1noc(C2CC3(CCCCC3)C2)n1.Cc1noc(C2CCC(N(C)C)CC2)n1.Cc1noc(C2CCC(NC(=O)C3CC3)CC2)n1.Cc1noc(C2CCN(C(=O)C(C)(F)F)CC2)n1.Cc1noc(C2CCN(C(=O)C3CC3)CC2)n1.Cc1noc(C2CCN(C)C(=O)C2)n1.Cc1noc(CC2CCC(C)CC2)n1. The number of hydrogen-bond donors (Lipinski definition) is 2. The molecule has 39 heteroatoms. The van der Waals surface area contributed by atoms with Gasteiger partial charge < -0.3 is 66.2 Å². The predicted molar refractivity (Wildman–Crippen MR) is 542 cm³/mol. The van der Waals surface area contributed by atoms with Crippen LogP contribution in [0.3, 0.4) is 0 Å². The van der Waals surface area contributed by atoms with E-state index in [1.165, 1.54) is 132 Å². The Hall–Kier alpha value is -11.6. The number of Topliss-reactive ketones (excluding diaryl/α,β-unsaturated/α-hetero) is 1. The minimum atomic E-state index is -3.30. The highest BCUT2D eigenvalue weighted by Crippen LogP contribution is 2.59. The van der Waals surface area contributed by atoms with Crippen LogP contribution in [-0.2, 0) is 43.4 Å². The Morgan fingerprint density at radius 1 is 0.459 bits per heavy atom. The van der Waals surface area contributed by atoms with Gasteiger partial charge in [-0.1, -0.05) is 142 Å². The van der Waals surface area contributed by atoms with Crippen molar-refractivity contribution in [2.24, 2.45) is 40.4 Å². The second-order valence-corrected chi connectivity index (χ2v) is 44.2. The number of hydrogen-bond acceptors (Lipinski definition) is 32. The summed E-state index contributed by atoms with van der Waals surface area (Å²) in [5.41, 5.74) is 4.30. The van der Waals surface area contributed by atoms with Gasteiger partial charge in [0.25, 0.3) is 5.91 Å². The molecule has 0 bridgehead atoms. The van der Waals surface area contributed by atoms with Crippen LogP contribution in [0.2, 0.25) is 0 Å². The van der Waals surface area contributed by atoms with E-state index >= 15 is 0 Å². The van der Waals surface area contributed by atoms with Crippen molar-refractivity contribution in [2.75, 3.05) is 67.0 Å². The van der Waals surface area contributed by atoms with Crippen molar-refractivity contribution in [3.05, 3.63) is 165 Å². The van der Waals surface area contributed by atoms with Crippen LogP contribution in [0, 0.1) is 95.8 Å². The van der Waals surface area contributed by atoms with E-state index in [2.05, 4.69) is 129 Å². The van der Waals surface area contributed by atoms with Gasteiger partial charge in [0.1, 0.15) is 0 Å². The van der Waals surface area contributed by atoms with Gasteiger partial charge in [0.2, 0.25) is 64.8 Å². The zero-order valence-corrected chi connectivity index (χ0v) is 89.5. The molecule has 37 nitrogen and oxygen atoms in total. The maximum Gasteiger partial charge on any atom is 0.322 e. The van der Waals surface area contributed by atoms with E-state index < -0.39 is 17.8 Å². The third kappa shape index (κ3) is 33.4. The summed E-state index contributed by atoms with van der Waals surface area (Å²) < 4.78 is 67.2. The van der Waals surface area contributed by atoms with Gasteiger partial charge in [-0.25, -0.2) is 0 Å². The molecule has 1 unspecified atom stereocenters. The minimum absolute atomic E-state index is 0.0562. The van der Waals surface area contributed by atoms with Crippen molar-refractivity contribution in [1.82, 2.24) is 111 Å². The van der Waals surface area contributed by atoms with E-state index in [0.29, 0.717) is 145 Å². The summed E-state index contributed by atoms with van der Waals surface area (Å²) >= 11 is 0. The highest BCUT2D eigenvalue weighted by atomic mass is 19.3. The van der Waals surface area contributed by atoms with Crippen LogP contribution in [0.5, 0.6) is 0 Å². The van der Waals surface area contributed by atoms with E-state index in [1.54, 1.807) is 32.6 Å². The lowest BCUT2D eigenvalue weighted by atomic mass is 9.56. The molecular formula is C109H156F2N22O15. The Morgan fingerprint density at radius 3 is 1.25 bits per heavy atom. The standard InChI is InChI=1S/C20H25N3O2.C13H19N3O2.C12H17N3O2.C12H18N2O.C11H15F2N3O2.C11H19N3O.C11H18N2O.C10H12O2.C9H13N3O2/c1-14(24)17-5-3-16(4-6-17)13-23-9-7-20(8-10-23)11-18(12-20)19-21-15(2)22-25-19;1-8-14-13(18-16-8)10-4-6-11(7-5-10)15-12(17)9-2-3-9;1-8-13-11(17-14-8)9-4-6-15(7-5-9)12(16)10-2-3-10;1-9-13-11(15-14-9)10-7-12(8-10)5-3-2-4-6-12;1-7-14-9(18-15-7)8-3-5-16(6-4-8)10(17)11(2,12)13;1-8-12-11(15-13-8)9-4-6-10(7-5-9)14(2)3;1-8-3-5-10(6-4-8)7-11-12-9(2)13-14-11;1-8(10(11)12)7-9-5-3-2-4-6-9;1-6-10-9(14-11-6)7-3-4-12(2)8(13)5-7/h3-6,18H,7-13H2,1-2H3;9-11H,2-7H2,1H3,(H,15,17);9-10H,2-7H2,1H3;10H,2-8H2,1H3;8H,3-6H2,1-2H3;9-10H,4-7H2,1-3H3;8,10H,3-7H2,1-2H3;2-6,8H,7H2,1H3,(H,11,12);7H,3-5H2,1-2H3/t;;;;;;;8-;/m.......0./s1. The maximum absolute atomic E-state index is 12.9. The Balaban J connectivity index is 0.000000132. The molecular weight excluding hydrogens is 1900 g/mol. The fourth-order valence-electron chi connectivity index (χ4n) is 22.0. The number of carboxylic acids is 1. The first-order valence-corrected chi connectivity index (χ1v) is 54.1. The molecule has 8 saturated carbocycles. The second-order valence-electron chi connectivity index (χ2n) is 44.2. The van der Waals surface area contributed by atoms with E-state index in [4.69, 9.17) is 41.3 Å². The van der Waals surface area contributed by atoms with Gasteiger partial charge in [-0.3, -0.25) is 33.7 Å². The van der Waals surface area contributed by atoms with Crippen LogP contribution >= 0.6 is 0 Å². The summed E-state index contributed by atoms with van der Waals surface area (Å²) in [6.45, 7) is 27.3. The van der Waals surface area contributed by atoms with Gasteiger partial charge >= 0.3 is 11.9 Å². The van der Waals surface area contributed by atoms with Crippen LogP contribution < -0.4 is 5.32 Å². The Labute approximate surface area is 866 Å². The first-order valence-electron chi connectivity index (χ1n) is 54.1. The smallest absolute Gasteiger partial charge is 0.322 e. The lowest BCUT2D eigenvalue weighted by Gasteiger charge is -2.51. The molecule has 2 atom stereocenters. The summed E-state index contributed by atoms with van der Waals surface area (Å²) in [6.07, 6.45) is 39.2. The van der Waals surface area contributed by atoms with Gasteiger partial charge in [-0.2, -0.15) is 48.7 Å². The second kappa shape index (κ2) is 52.7. The molecule has 12 fully saturated rings. The zero-order chi connectivity index (χ0) is 105. The lowest BCUT2D eigenvalue weighted by Crippen LogP contribution is -2.46. The largest absolute Gasteiger partial charge is 0.481 e. The van der Waals surface area contributed by atoms with Gasteiger partial charge in [0.05, 0.1) is 5.92 Å². The Kier molecular flexibility index (Phi) is 39.9. The van der Waals surface area contributed by atoms with E-state index in [1.807, 2.05) is 96.0 Å². The Bertz CT molecular complexity index is 5770. The quantitative estimate of drug-likeness (QED) is 0.0669. The number of carbonyl (C=O) groups excluding carboxylic acids is 5. The molecule has 8 aliphatic carbocycles. The summed E-state index contributed by atoms with van der Waals surface area (Å²) in [5, 5.41) is 42.3. The molecule has 10 aromatic rings. The zero-order valence-electron chi connectivity index (χ0n) is 89.5. The third-order valence-corrected chi connectivity index (χ3v) is 31.5. The summed E-state index contributed by atoms with van der Waals surface area (Å²) in [4.78, 5) is 112. The number of aryl methyl sites for hydroxylation is 8. The Morgan fingerprint density at radius 2 is 0.858 bits per heavy atom. The molecule has 4 aliphatic heterocycles. The van der Waals surface area contributed by atoms with Gasteiger partial charge in [0.15, 0.2) is 52.4 Å². The number of aliphatic carboxylic acids is 1. The molecule has 2 N–H and O–H groups in total. The summed E-state index contributed by atoms with van der Waals surface area (Å²) in [5.74, 6) is 11.7. The van der Waals surface area contributed by atoms with Crippen LogP contribution in [0.1, 0.15) is 396 Å². The third-order valence-electron chi connectivity index (χ3n) is 31.5. The number of piperidine rings is 4. The molecule has 12 aliphatic rings. The summed E-state index contributed by atoms with van der Waals surface area (Å²) in [6, 6.07) is 18.8. The average molecular weight is 2050 g/mol. The highest BCUT2D eigenvalue weighted by molar-refractivity contribution is 5.94. The average Bonchev–Trinajstić information content (AvgIpc) is 1.28. The molecule has 8 aromatic heterocycles. The van der Waals surface area contributed by atoms with Crippen LogP contribution in [0.4, 0.5) is 8.78 Å². The highest BCUT2D eigenvalue weighted by Gasteiger charge is 2.50. The van der Waals surface area contributed by atoms with Crippen LogP contribution in [0.25, 0.3) is 0 Å². The van der Waals surface area contributed by atoms with E-state index in [0.717, 1.165) is 204 Å². The van der Waals surface area contributed by atoms with Gasteiger partial charge in [0, 0.05) is 137 Å². The molecule has 4 amide bonds. The number of carboxylic acid groups (broad SMARTS) is 1. The van der Waals surface area contributed by atoms with Crippen molar-refractivity contribution >= 4 is 35.4 Å². The number of aromatic nitrogens is 16. The van der Waals surface area contributed by atoms with Crippen LogP contribution in [0.15, 0.2) is 90.8 Å². The van der Waals surface area contributed by atoms with Crippen LogP contribution in [-0.4, -0.2) is 231 Å². The topological polar surface area (TPSA) is 462 Å². The van der Waals surface area contributed by atoms with E-state index in [-0.39, 0.29) is 35.4 Å². The molecule has 148 heavy (non-hydrogen) atoms.